The van der Waals surface area contributed by atoms with E-state index in [0.717, 1.165) is 0 Å². The van der Waals surface area contributed by atoms with Crippen LogP contribution in [0.15, 0.2) is 17.0 Å². The molecule has 0 aliphatic carbocycles. The fraction of sp³-hybridized carbons (Fsp3) is 0.455. The summed E-state index contributed by atoms with van der Waals surface area (Å²) in [7, 11) is -3.77. The molecule has 19 heavy (non-hydrogen) atoms. The maximum Gasteiger partial charge on any atom is 0.244 e. The summed E-state index contributed by atoms with van der Waals surface area (Å²) in [5.74, 6) is 0. The van der Waals surface area contributed by atoms with E-state index in [0.29, 0.717) is 19.4 Å². The highest BCUT2D eigenvalue weighted by Gasteiger charge is 2.36. The lowest BCUT2D eigenvalue weighted by molar-refractivity contribution is 0.213. The van der Waals surface area contributed by atoms with Crippen LogP contribution in [0.4, 0.5) is 5.69 Å². The maximum atomic E-state index is 12.5. The number of nitrogens with two attached hydrogens (primary N) is 1. The van der Waals surface area contributed by atoms with Crippen LogP contribution in [0.5, 0.6) is 0 Å². The average Bonchev–Trinajstić information content (AvgIpc) is 2.84. The number of rotatable bonds is 3. The second-order valence-corrected chi connectivity index (χ2v) is 7.01. The monoisotopic (exact) mass is 324 g/mol. The van der Waals surface area contributed by atoms with Gasteiger partial charge in [-0.3, -0.25) is 0 Å². The van der Waals surface area contributed by atoms with E-state index in [9.17, 15) is 13.5 Å². The van der Waals surface area contributed by atoms with Gasteiger partial charge in [-0.1, -0.05) is 23.2 Å². The summed E-state index contributed by atoms with van der Waals surface area (Å²) in [5, 5.41) is 9.37. The summed E-state index contributed by atoms with van der Waals surface area (Å²) in [6.45, 7) is 0.159. The molecular weight excluding hydrogens is 311 g/mol. The molecule has 2 rings (SSSR count). The summed E-state index contributed by atoms with van der Waals surface area (Å²) in [6.07, 6.45) is 1.35. The fourth-order valence-electron chi connectivity index (χ4n) is 2.18. The Kier molecular flexibility index (Phi) is 4.27. The van der Waals surface area contributed by atoms with Crippen molar-refractivity contribution in [2.75, 3.05) is 18.9 Å². The van der Waals surface area contributed by atoms with Gasteiger partial charge in [0.25, 0.3) is 0 Å². The molecule has 0 saturated carbocycles. The average molecular weight is 325 g/mol. The zero-order chi connectivity index (χ0) is 14.2. The first kappa shape index (κ1) is 14.9. The van der Waals surface area contributed by atoms with Crippen LogP contribution in [0.2, 0.25) is 10.0 Å². The van der Waals surface area contributed by atoms with Crippen LogP contribution in [0.3, 0.4) is 0 Å². The second kappa shape index (κ2) is 5.46. The number of sulfonamides is 1. The standard InChI is InChI=1S/C11H14Cl2N2O3S/c12-8-3-4-9(10(13)11(8)14)19(17,18)15-5-1-2-7(15)6-16/h3-4,7,16H,1-2,5-6,14H2/t7-/m1/s1. The minimum Gasteiger partial charge on any atom is -0.396 e. The van der Waals surface area contributed by atoms with Crippen molar-refractivity contribution in [2.24, 2.45) is 0 Å². The quantitative estimate of drug-likeness (QED) is 0.829. The number of halogens is 2. The molecule has 1 aromatic carbocycles. The molecule has 1 fully saturated rings. The minimum absolute atomic E-state index is 0.0455. The first-order chi connectivity index (χ1) is 8.89. The van der Waals surface area contributed by atoms with Gasteiger partial charge in [-0.05, 0) is 25.0 Å². The molecule has 8 heteroatoms. The Morgan fingerprint density at radius 2 is 2.11 bits per heavy atom. The Morgan fingerprint density at radius 1 is 1.42 bits per heavy atom. The van der Waals surface area contributed by atoms with Gasteiger partial charge in [-0.2, -0.15) is 4.31 Å². The topological polar surface area (TPSA) is 83.6 Å². The first-order valence-corrected chi connectivity index (χ1v) is 7.95. The van der Waals surface area contributed by atoms with Crippen LogP contribution >= 0.6 is 23.2 Å². The molecule has 1 aliphatic heterocycles. The molecule has 3 N–H and O–H groups in total. The van der Waals surface area contributed by atoms with Gasteiger partial charge in [0.2, 0.25) is 10.0 Å². The van der Waals surface area contributed by atoms with Crippen molar-refractivity contribution in [3.63, 3.8) is 0 Å². The maximum absolute atomic E-state index is 12.5. The highest BCUT2D eigenvalue weighted by molar-refractivity contribution is 7.89. The number of hydrogen-bond donors (Lipinski definition) is 2. The highest BCUT2D eigenvalue weighted by atomic mass is 35.5. The molecule has 1 aromatic rings. The van der Waals surface area contributed by atoms with Crippen molar-refractivity contribution in [2.45, 2.75) is 23.8 Å². The van der Waals surface area contributed by atoms with Gasteiger partial charge in [0.15, 0.2) is 0 Å². The molecule has 0 aromatic heterocycles. The Balaban J connectivity index is 2.48. The number of aliphatic hydroxyl groups is 1. The predicted octanol–water partition coefficient (Wildman–Crippen LogP) is 1.72. The number of nitrogen functional groups attached to an aromatic ring is 1. The van der Waals surface area contributed by atoms with Crippen LogP contribution in [0.1, 0.15) is 12.8 Å². The van der Waals surface area contributed by atoms with E-state index in [1.54, 1.807) is 0 Å². The molecular formula is C11H14Cl2N2O3S. The SMILES string of the molecule is Nc1c(Cl)ccc(S(=O)(=O)N2CCC[C@@H]2CO)c1Cl. The van der Waals surface area contributed by atoms with Crippen LogP contribution in [0, 0.1) is 0 Å². The summed E-state index contributed by atoms with van der Waals surface area (Å²) >= 11 is 11.8. The molecule has 1 atom stereocenters. The first-order valence-electron chi connectivity index (χ1n) is 5.75. The van der Waals surface area contributed by atoms with E-state index in [1.807, 2.05) is 0 Å². The molecule has 1 heterocycles. The lowest BCUT2D eigenvalue weighted by atomic mass is 10.2. The van der Waals surface area contributed by atoms with Crippen molar-refractivity contribution >= 4 is 38.9 Å². The number of anilines is 1. The van der Waals surface area contributed by atoms with Crippen molar-refractivity contribution in [3.8, 4) is 0 Å². The largest absolute Gasteiger partial charge is 0.396 e. The summed E-state index contributed by atoms with van der Waals surface area (Å²) in [4.78, 5) is -0.0728. The van der Waals surface area contributed by atoms with Gasteiger partial charge in [0.1, 0.15) is 4.90 Å². The van der Waals surface area contributed by atoms with Crippen molar-refractivity contribution in [1.82, 2.24) is 4.31 Å². The Labute approximate surface area is 122 Å². The van der Waals surface area contributed by atoms with Gasteiger partial charge in [0.05, 0.1) is 22.3 Å². The lowest BCUT2D eigenvalue weighted by Crippen LogP contribution is -2.37. The highest BCUT2D eigenvalue weighted by Crippen LogP contribution is 2.36. The Morgan fingerprint density at radius 3 is 2.74 bits per heavy atom. The van der Waals surface area contributed by atoms with Crippen LogP contribution < -0.4 is 5.73 Å². The molecule has 1 aliphatic rings. The molecule has 0 amide bonds. The predicted molar refractivity (Wildman–Crippen MR) is 74.9 cm³/mol. The zero-order valence-electron chi connectivity index (χ0n) is 10.0. The normalized spacial score (nSPS) is 20.9. The molecule has 1 saturated heterocycles. The van der Waals surface area contributed by atoms with Crippen molar-refractivity contribution in [1.29, 1.82) is 0 Å². The van der Waals surface area contributed by atoms with Gasteiger partial charge in [-0.25, -0.2) is 8.42 Å². The van der Waals surface area contributed by atoms with Crippen molar-refractivity contribution < 1.29 is 13.5 Å². The van der Waals surface area contributed by atoms with E-state index in [4.69, 9.17) is 28.9 Å². The summed E-state index contributed by atoms with van der Waals surface area (Å²) < 4.78 is 26.3. The molecule has 0 bridgehead atoms. The van der Waals surface area contributed by atoms with E-state index in [-0.39, 0.29) is 27.2 Å². The summed E-state index contributed by atoms with van der Waals surface area (Å²) in [5.41, 5.74) is 5.69. The van der Waals surface area contributed by atoms with E-state index in [1.165, 1.54) is 16.4 Å². The lowest BCUT2D eigenvalue weighted by Gasteiger charge is -2.23. The van der Waals surface area contributed by atoms with Crippen LogP contribution in [-0.2, 0) is 10.0 Å². The number of aliphatic hydroxyl groups excluding tert-OH is 1. The molecule has 0 radical (unpaired) electrons. The van der Waals surface area contributed by atoms with Gasteiger partial charge < -0.3 is 10.8 Å². The van der Waals surface area contributed by atoms with Crippen molar-refractivity contribution in [3.05, 3.63) is 22.2 Å². The number of hydrogen-bond acceptors (Lipinski definition) is 4. The fourth-order valence-corrected chi connectivity index (χ4v) is 4.61. The Bertz CT molecular complexity index is 592. The van der Waals surface area contributed by atoms with Crippen LogP contribution in [0.25, 0.3) is 0 Å². The second-order valence-electron chi connectivity index (χ2n) is 4.37. The summed E-state index contributed by atoms with van der Waals surface area (Å²) in [6, 6.07) is 2.33. The number of benzene rings is 1. The van der Waals surface area contributed by atoms with Gasteiger partial charge >= 0.3 is 0 Å². The molecule has 0 unspecified atom stereocenters. The minimum atomic E-state index is -3.77. The number of nitrogens with zero attached hydrogens (tertiary/aromatic N) is 1. The molecule has 106 valence electrons. The molecule has 5 nitrogen and oxygen atoms in total. The molecule has 0 spiro atoms. The van der Waals surface area contributed by atoms with E-state index in [2.05, 4.69) is 0 Å². The van der Waals surface area contributed by atoms with Gasteiger partial charge in [-0.15, -0.1) is 0 Å². The Hall–Kier alpha value is -0.530. The van der Waals surface area contributed by atoms with Crippen LogP contribution in [-0.4, -0.2) is 37.0 Å². The third-order valence-electron chi connectivity index (χ3n) is 3.21. The third kappa shape index (κ3) is 2.55. The zero-order valence-corrected chi connectivity index (χ0v) is 12.3. The smallest absolute Gasteiger partial charge is 0.244 e. The van der Waals surface area contributed by atoms with E-state index >= 15 is 0 Å². The third-order valence-corrected chi connectivity index (χ3v) is 6.05. The van der Waals surface area contributed by atoms with E-state index < -0.39 is 16.1 Å². The van der Waals surface area contributed by atoms with Gasteiger partial charge in [0, 0.05) is 12.6 Å².